The average Bonchev–Trinajstić information content (AvgIpc) is 2.18. The largest absolute Gasteiger partial charge is 0.505 e. The number of benzene rings is 1. The van der Waals surface area contributed by atoms with Crippen LogP contribution in [0.5, 0.6) is 5.75 Å². The fourth-order valence-electron chi connectivity index (χ4n) is 0.849. The van der Waals surface area contributed by atoms with Crippen molar-refractivity contribution in [2.75, 3.05) is 6.61 Å². The molecule has 1 aromatic rings. The van der Waals surface area contributed by atoms with Crippen LogP contribution in [0.25, 0.3) is 0 Å². The number of phenolic OH excluding ortho intramolecular Hbond substituents is 1. The maximum absolute atomic E-state index is 13.0. The van der Waals surface area contributed by atoms with Crippen LogP contribution in [0.1, 0.15) is 12.0 Å². The van der Waals surface area contributed by atoms with Crippen LogP contribution in [0.3, 0.4) is 0 Å². The van der Waals surface area contributed by atoms with E-state index < -0.39 is 17.4 Å². The molecule has 4 heteroatoms. The zero-order valence-corrected chi connectivity index (χ0v) is 7.22. The first kappa shape index (κ1) is 10.5. The molecule has 0 spiro atoms. The van der Waals surface area contributed by atoms with Gasteiger partial charge in [-0.15, -0.1) is 0 Å². The Balaban J connectivity index is 3.02. The zero-order valence-electron chi connectivity index (χ0n) is 7.22. The molecule has 0 bridgehead atoms. The van der Waals surface area contributed by atoms with E-state index >= 15 is 0 Å². The molecule has 2 nitrogen and oxygen atoms in total. The fourth-order valence-corrected chi connectivity index (χ4v) is 0.849. The first-order chi connectivity index (χ1) is 6.66. The van der Waals surface area contributed by atoms with Crippen molar-refractivity contribution in [3.63, 3.8) is 0 Å². The molecule has 0 atom stereocenters. The molecule has 0 aliphatic rings. The van der Waals surface area contributed by atoms with Crippen LogP contribution in [-0.2, 0) is 0 Å². The van der Waals surface area contributed by atoms with Crippen LogP contribution < -0.4 is 0 Å². The van der Waals surface area contributed by atoms with E-state index in [1.54, 1.807) is 0 Å². The number of halogens is 2. The normalized spacial score (nSPS) is 9.36. The molecule has 0 radical (unpaired) electrons. The summed E-state index contributed by atoms with van der Waals surface area (Å²) < 4.78 is 25.7. The Hall–Kier alpha value is -1.60. The fraction of sp³-hybridized carbons (Fsp3) is 0.200. The molecule has 2 N–H and O–H groups in total. The lowest BCUT2D eigenvalue weighted by Crippen LogP contribution is -1.90. The predicted octanol–water partition coefficient (Wildman–Crippen LogP) is 1.40. The molecule has 0 heterocycles. The van der Waals surface area contributed by atoms with Gasteiger partial charge in [0.25, 0.3) is 0 Å². The summed E-state index contributed by atoms with van der Waals surface area (Å²) >= 11 is 0. The average molecular weight is 198 g/mol. The number of aliphatic hydroxyl groups is 1. The van der Waals surface area contributed by atoms with Crippen molar-refractivity contribution < 1.29 is 19.0 Å². The second-order valence-electron chi connectivity index (χ2n) is 2.54. The van der Waals surface area contributed by atoms with Gasteiger partial charge in [0.05, 0.1) is 12.2 Å². The van der Waals surface area contributed by atoms with Crippen LogP contribution >= 0.6 is 0 Å². The number of rotatable bonds is 1. The Labute approximate surface area is 79.8 Å². The van der Waals surface area contributed by atoms with Crippen LogP contribution in [-0.4, -0.2) is 16.8 Å². The highest BCUT2D eigenvalue weighted by Gasteiger charge is 2.10. The lowest BCUT2D eigenvalue weighted by molar-refractivity contribution is 0.305. The van der Waals surface area contributed by atoms with E-state index in [1.165, 1.54) is 6.07 Å². The molecule has 0 unspecified atom stereocenters. The number of aliphatic hydroxyl groups excluding tert-OH is 1. The summed E-state index contributed by atoms with van der Waals surface area (Å²) in [5.74, 6) is 1.58. The van der Waals surface area contributed by atoms with Crippen molar-refractivity contribution in [2.45, 2.75) is 6.42 Å². The molecule has 0 saturated carbocycles. The summed E-state index contributed by atoms with van der Waals surface area (Å²) in [4.78, 5) is 0. The molecule has 1 aromatic carbocycles. The van der Waals surface area contributed by atoms with Gasteiger partial charge in [0.1, 0.15) is 0 Å². The van der Waals surface area contributed by atoms with Crippen molar-refractivity contribution in [1.82, 2.24) is 0 Å². The smallest absolute Gasteiger partial charge is 0.201 e. The maximum atomic E-state index is 13.0. The van der Waals surface area contributed by atoms with Gasteiger partial charge < -0.3 is 10.2 Å². The molecule has 0 amide bonds. The van der Waals surface area contributed by atoms with E-state index in [0.29, 0.717) is 0 Å². The molecule has 74 valence electrons. The van der Waals surface area contributed by atoms with Gasteiger partial charge in [0.2, 0.25) is 5.82 Å². The van der Waals surface area contributed by atoms with Crippen LogP contribution in [0.4, 0.5) is 8.78 Å². The third-order valence-electron chi connectivity index (χ3n) is 1.52. The van der Waals surface area contributed by atoms with Gasteiger partial charge in [-0.1, -0.05) is 11.8 Å². The molecule has 14 heavy (non-hydrogen) atoms. The molecule has 0 aliphatic carbocycles. The second kappa shape index (κ2) is 4.58. The number of aromatic hydroxyl groups is 1. The van der Waals surface area contributed by atoms with Crippen LogP contribution in [0, 0.1) is 23.5 Å². The lowest BCUT2D eigenvalue weighted by Gasteiger charge is -1.98. The molecular weight excluding hydrogens is 190 g/mol. The summed E-state index contributed by atoms with van der Waals surface area (Å²) in [5, 5.41) is 17.2. The van der Waals surface area contributed by atoms with E-state index in [-0.39, 0.29) is 18.6 Å². The lowest BCUT2D eigenvalue weighted by atomic mass is 10.2. The molecule has 0 aromatic heterocycles. The van der Waals surface area contributed by atoms with Crippen molar-refractivity contribution in [3.8, 4) is 17.6 Å². The zero-order chi connectivity index (χ0) is 10.6. The Morgan fingerprint density at radius 2 is 1.93 bits per heavy atom. The third kappa shape index (κ3) is 2.21. The maximum Gasteiger partial charge on any atom is 0.201 e. The number of hydrogen-bond acceptors (Lipinski definition) is 2. The molecule has 0 saturated heterocycles. The Bertz CT molecular complexity index is 391. The molecule has 0 aliphatic heterocycles. The van der Waals surface area contributed by atoms with Crippen molar-refractivity contribution >= 4 is 0 Å². The van der Waals surface area contributed by atoms with E-state index in [0.717, 1.165) is 6.07 Å². The van der Waals surface area contributed by atoms with Gasteiger partial charge in [-0.3, -0.25) is 0 Å². The highest BCUT2D eigenvalue weighted by atomic mass is 19.2. The predicted molar refractivity (Wildman–Crippen MR) is 46.6 cm³/mol. The standard InChI is InChI=1S/C10H8F2O2/c11-9-7(3-1-2-6-13)4-5-8(14)10(9)12/h4-5,13-14H,2,6H2. The monoisotopic (exact) mass is 198 g/mol. The Kier molecular flexibility index (Phi) is 3.43. The van der Waals surface area contributed by atoms with E-state index in [1.807, 2.05) is 0 Å². The SMILES string of the molecule is OCCC#Cc1ccc(O)c(F)c1F. The summed E-state index contributed by atoms with van der Waals surface area (Å²) in [7, 11) is 0. The van der Waals surface area contributed by atoms with Gasteiger partial charge in [0, 0.05) is 6.42 Å². The highest BCUT2D eigenvalue weighted by molar-refractivity contribution is 5.40. The van der Waals surface area contributed by atoms with E-state index in [4.69, 9.17) is 10.2 Å². The summed E-state index contributed by atoms with van der Waals surface area (Å²) in [6.07, 6.45) is 0.196. The molecular formula is C10H8F2O2. The minimum absolute atomic E-state index is 0.130. The Morgan fingerprint density at radius 3 is 2.57 bits per heavy atom. The van der Waals surface area contributed by atoms with Crippen LogP contribution in [0.2, 0.25) is 0 Å². The molecule has 0 fully saturated rings. The van der Waals surface area contributed by atoms with Crippen molar-refractivity contribution in [1.29, 1.82) is 0 Å². The second-order valence-corrected chi connectivity index (χ2v) is 2.54. The van der Waals surface area contributed by atoms with E-state index in [2.05, 4.69) is 11.8 Å². The summed E-state index contributed by atoms with van der Waals surface area (Å²) in [5.41, 5.74) is -0.131. The van der Waals surface area contributed by atoms with Crippen LogP contribution in [0.15, 0.2) is 12.1 Å². The number of hydrogen-bond donors (Lipinski definition) is 2. The summed E-state index contributed by atoms with van der Waals surface area (Å²) in [6.45, 7) is -0.130. The highest BCUT2D eigenvalue weighted by Crippen LogP contribution is 2.20. The van der Waals surface area contributed by atoms with Gasteiger partial charge in [-0.2, -0.15) is 4.39 Å². The van der Waals surface area contributed by atoms with Gasteiger partial charge >= 0.3 is 0 Å². The number of phenols is 1. The summed E-state index contributed by atoms with van der Waals surface area (Å²) in [6, 6.07) is 2.21. The van der Waals surface area contributed by atoms with Gasteiger partial charge in [-0.25, -0.2) is 4.39 Å². The third-order valence-corrected chi connectivity index (χ3v) is 1.52. The van der Waals surface area contributed by atoms with E-state index in [9.17, 15) is 8.78 Å². The first-order valence-electron chi connectivity index (χ1n) is 3.93. The minimum atomic E-state index is -1.30. The first-order valence-corrected chi connectivity index (χ1v) is 3.93. The van der Waals surface area contributed by atoms with Gasteiger partial charge in [-0.05, 0) is 12.1 Å². The topological polar surface area (TPSA) is 40.5 Å². The molecule has 1 rings (SSSR count). The van der Waals surface area contributed by atoms with Crippen molar-refractivity contribution in [2.24, 2.45) is 0 Å². The van der Waals surface area contributed by atoms with Gasteiger partial charge in [0.15, 0.2) is 11.6 Å². The quantitative estimate of drug-likeness (QED) is 0.670. The van der Waals surface area contributed by atoms with Crippen molar-refractivity contribution in [3.05, 3.63) is 29.3 Å². The Morgan fingerprint density at radius 1 is 1.21 bits per heavy atom. The minimum Gasteiger partial charge on any atom is -0.505 e.